The summed E-state index contributed by atoms with van der Waals surface area (Å²) in [5.41, 5.74) is 3.92. The van der Waals surface area contributed by atoms with Gasteiger partial charge in [-0.1, -0.05) is 36.4 Å². The van der Waals surface area contributed by atoms with Crippen LogP contribution < -0.4 is 11.3 Å². The van der Waals surface area contributed by atoms with Gasteiger partial charge in [-0.05, 0) is 37.0 Å². The highest BCUT2D eigenvalue weighted by Gasteiger charge is 2.50. The first-order chi connectivity index (χ1) is 10.2. The first-order valence-corrected chi connectivity index (χ1v) is 7.12. The Balaban J connectivity index is 1.90. The maximum atomic E-state index is 13.8. The number of halogens is 2. The molecule has 1 atom stereocenters. The van der Waals surface area contributed by atoms with Crippen LogP contribution in [0.25, 0.3) is 0 Å². The van der Waals surface area contributed by atoms with Crippen LogP contribution in [0.15, 0.2) is 48.5 Å². The minimum absolute atomic E-state index is 0.0997. The van der Waals surface area contributed by atoms with E-state index in [1.807, 2.05) is 18.2 Å². The molecule has 0 radical (unpaired) electrons. The van der Waals surface area contributed by atoms with Crippen molar-refractivity contribution in [3.63, 3.8) is 0 Å². The van der Waals surface area contributed by atoms with Gasteiger partial charge in [0.25, 0.3) is 0 Å². The molecule has 4 heteroatoms. The molecule has 21 heavy (non-hydrogen) atoms. The lowest BCUT2D eigenvalue weighted by molar-refractivity contribution is 0.406. The van der Waals surface area contributed by atoms with Crippen molar-refractivity contribution in [2.45, 2.75) is 30.7 Å². The second-order valence-corrected chi connectivity index (χ2v) is 5.65. The van der Waals surface area contributed by atoms with E-state index in [2.05, 4.69) is 17.6 Å². The van der Waals surface area contributed by atoms with Gasteiger partial charge in [0.1, 0.15) is 11.6 Å². The van der Waals surface area contributed by atoms with E-state index in [4.69, 9.17) is 5.84 Å². The second kappa shape index (κ2) is 5.54. The van der Waals surface area contributed by atoms with Gasteiger partial charge in [0.05, 0.1) is 0 Å². The number of hydrogen-bond acceptors (Lipinski definition) is 2. The van der Waals surface area contributed by atoms with Crippen LogP contribution in [0.5, 0.6) is 0 Å². The first-order valence-electron chi connectivity index (χ1n) is 7.12. The molecule has 1 unspecified atom stereocenters. The highest BCUT2D eigenvalue weighted by molar-refractivity contribution is 5.35. The molecule has 2 nitrogen and oxygen atoms in total. The molecule has 1 aliphatic rings. The van der Waals surface area contributed by atoms with Gasteiger partial charge in [-0.2, -0.15) is 0 Å². The molecule has 3 N–H and O–H groups in total. The number of nitrogens with one attached hydrogen (secondary N) is 1. The van der Waals surface area contributed by atoms with Crippen molar-refractivity contribution in [1.82, 2.24) is 5.43 Å². The van der Waals surface area contributed by atoms with E-state index in [1.165, 1.54) is 23.8 Å². The Bertz CT molecular complexity index is 604. The Morgan fingerprint density at radius 2 is 1.62 bits per heavy atom. The summed E-state index contributed by atoms with van der Waals surface area (Å²) in [4.78, 5) is 0. The number of rotatable bonds is 5. The lowest BCUT2D eigenvalue weighted by atomic mass is 9.84. The largest absolute Gasteiger partial charge is 0.271 e. The van der Waals surface area contributed by atoms with E-state index in [-0.39, 0.29) is 23.4 Å². The van der Waals surface area contributed by atoms with Crippen molar-refractivity contribution < 1.29 is 8.78 Å². The maximum absolute atomic E-state index is 13.8. The molecule has 2 aromatic carbocycles. The smallest absolute Gasteiger partial charge is 0.129 e. The number of nitrogens with two attached hydrogens (primary N) is 1. The van der Waals surface area contributed by atoms with Gasteiger partial charge in [-0.25, -0.2) is 8.78 Å². The molecular weight excluding hydrogens is 270 g/mol. The predicted octanol–water partition coefficient (Wildman–Crippen LogP) is 3.07. The van der Waals surface area contributed by atoms with Crippen molar-refractivity contribution in [3.05, 3.63) is 71.3 Å². The van der Waals surface area contributed by atoms with E-state index >= 15 is 0 Å². The summed E-state index contributed by atoms with van der Waals surface area (Å²) in [6.45, 7) is 0. The summed E-state index contributed by atoms with van der Waals surface area (Å²) in [7, 11) is 0. The maximum Gasteiger partial charge on any atom is 0.129 e. The van der Waals surface area contributed by atoms with Crippen molar-refractivity contribution >= 4 is 0 Å². The summed E-state index contributed by atoms with van der Waals surface area (Å²) in [6.07, 6.45) is 2.19. The fourth-order valence-electron chi connectivity index (χ4n) is 3.09. The van der Waals surface area contributed by atoms with Crippen molar-refractivity contribution in [3.8, 4) is 0 Å². The average molecular weight is 288 g/mol. The Labute approximate surface area is 122 Å². The average Bonchev–Trinajstić information content (AvgIpc) is 3.30. The van der Waals surface area contributed by atoms with Gasteiger partial charge in [-0.3, -0.25) is 11.3 Å². The van der Waals surface area contributed by atoms with Gasteiger partial charge >= 0.3 is 0 Å². The van der Waals surface area contributed by atoms with Gasteiger partial charge in [0.2, 0.25) is 0 Å². The lowest BCUT2D eigenvalue weighted by Crippen LogP contribution is -2.46. The SMILES string of the molecule is NNC(Cc1c(F)cccc1F)C1(c2ccccc2)CC1. The van der Waals surface area contributed by atoms with Crippen LogP contribution in [-0.4, -0.2) is 6.04 Å². The predicted molar refractivity (Wildman–Crippen MR) is 78.5 cm³/mol. The van der Waals surface area contributed by atoms with E-state index < -0.39 is 11.6 Å². The highest BCUT2D eigenvalue weighted by Crippen LogP contribution is 2.51. The molecule has 1 fully saturated rings. The standard InChI is InChI=1S/C17H18F2N2/c18-14-7-4-8-15(19)13(14)11-16(21-20)17(9-10-17)12-5-2-1-3-6-12/h1-8,16,21H,9-11,20H2. The van der Waals surface area contributed by atoms with Gasteiger partial charge in [0.15, 0.2) is 0 Å². The monoisotopic (exact) mass is 288 g/mol. The van der Waals surface area contributed by atoms with Crippen molar-refractivity contribution in [2.24, 2.45) is 5.84 Å². The number of benzene rings is 2. The molecule has 1 aliphatic carbocycles. The van der Waals surface area contributed by atoms with E-state index in [0.29, 0.717) is 0 Å². The van der Waals surface area contributed by atoms with Gasteiger partial charge in [-0.15, -0.1) is 0 Å². The Morgan fingerprint density at radius 3 is 2.14 bits per heavy atom. The molecule has 110 valence electrons. The van der Waals surface area contributed by atoms with Gasteiger partial charge in [0, 0.05) is 17.0 Å². The molecule has 3 rings (SSSR count). The van der Waals surface area contributed by atoms with Crippen LogP contribution >= 0.6 is 0 Å². The van der Waals surface area contributed by atoms with Crippen LogP contribution in [0.1, 0.15) is 24.0 Å². The van der Waals surface area contributed by atoms with Crippen LogP contribution in [-0.2, 0) is 11.8 Å². The highest BCUT2D eigenvalue weighted by atomic mass is 19.1. The fourth-order valence-corrected chi connectivity index (χ4v) is 3.09. The zero-order valence-corrected chi connectivity index (χ0v) is 11.7. The quantitative estimate of drug-likeness (QED) is 0.655. The third kappa shape index (κ3) is 2.57. The van der Waals surface area contributed by atoms with Crippen LogP contribution in [0, 0.1) is 11.6 Å². The molecular formula is C17H18F2N2. The van der Waals surface area contributed by atoms with E-state index in [9.17, 15) is 8.78 Å². The lowest BCUT2D eigenvalue weighted by Gasteiger charge is -2.27. The van der Waals surface area contributed by atoms with Crippen LogP contribution in [0.4, 0.5) is 8.78 Å². The summed E-state index contributed by atoms with van der Waals surface area (Å²) in [5, 5.41) is 0. The molecule has 0 amide bonds. The third-order valence-electron chi connectivity index (χ3n) is 4.48. The normalized spacial score (nSPS) is 17.5. The third-order valence-corrected chi connectivity index (χ3v) is 4.48. The van der Waals surface area contributed by atoms with E-state index in [0.717, 1.165) is 12.8 Å². The summed E-state index contributed by atoms with van der Waals surface area (Å²) in [5.74, 6) is 4.66. The number of hydrazine groups is 1. The molecule has 1 saturated carbocycles. The Kier molecular flexibility index (Phi) is 3.74. The minimum atomic E-state index is -0.515. The molecule has 0 saturated heterocycles. The van der Waals surface area contributed by atoms with Crippen LogP contribution in [0.3, 0.4) is 0 Å². The molecule has 2 aromatic rings. The Hall–Kier alpha value is -1.78. The zero-order valence-electron chi connectivity index (χ0n) is 11.7. The molecule has 0 heterocycles. The van der Waals surface area contributed by atoms with Crippen molar-refractivity contribution in [1.29, 1.82) is 0 Å². The summed E-state index contributed by atoms with van der Waals surface area (Å²) < 4.78 is 27.7. The summed E-state index contributed by atoms with van der Waals surface area (Å²) in [6, 6.07) is 13.8. The molecule has 0 spiro atoms. The second-order valence-electron chi connectivity index (χ2n) is 5.65. The number of hydrogen-bond donors (Lipinski definition) is 2. The van der Waals surface area contributed by atoms with Crippen LogP contribution in [0.2, 0.25) is 0 Å². The van der Waals surface area contributed by atoms with E-state index in [1.54, 1.807) is 0 Å². The van der Waals surface area contributed by atoms with Crippen molar-refractivity contribution in [2.75, 3.05) is 0 Å². The zero-order chi connectivity index (χ0) is 14.9. The summed E-state index contributed by atoms with van der Waals surface area (Å²) >= 11 is 0. The minimum Gasteiger partial charge on any atom is -0.271 e. The molecule has 0 bridgehead atoms. The molecule has 0 aromatic heterocycles. The van der Waals surface area contributed by atoms with Gasteiger partial charge < -0.3 is 0 Å². The Morgan fingerprint density at radius 1 is 1.00 bits per heavy atom. The molecule has 0 aliphatic heterocycles. The fraction of sp³-hybridized carbons (Fsp3) is 0.294. The first kappa shape index (κ1) is 14.2. The topological polar surface area (TPSA) is 38.0 Å².